The second-order valence-corrected chi connectivity index (χ2v) is 5.03. The van der Waals surface area contributed by atoms with E-state index in [1.54, 1.807) is 0 Å². The molecule has 0 radical (unpaired) electrons. The number of hydrogen-bond donors (Lipinski definition) is 2. The lowest BCUT2D eigenvalue weighted by molar-refractivity contribution is -0.0896. The van der Waals surface area contributed by atoms with Crippen LogP contribution in [0.3, 0.4) is 0 Å². The Hall–Kier alpha value is -1.10. The number of rotatable bonds is 3. The molecule has 3 atom stereocenters. The Morgan fingerprint density at radius 3 is 2.72 bits per heavy atom. The molecule has 0 aliphatic carbocycles. The maximum atomic E-state index is 9.22. The zero-order valence-electron chi connectivity index (χ0n) is 11.0. The van der Waals surface area contributed by atoms with Gasteiger partial charge in [0.15, 0.2) is 0 Å². The molecule has 1 aliphatic rings. The predicted octanol–water partition coefficient (Wildman–Crippen LogP) is 1.41. The average molecular weight is 250 g/mol. The topological polar surface area (TPSA) is 58.7 Å². The second-order valence-electron chi connectivity index (χ2n) is 5.03. The number of morpholine rings is 1. The zero-order valence-corrected chi connectivity index (χ0v) is 11.0. The summed E-state index contributed by atoms with van der Waals surface area (Å²) in [6.07, 6.45) is -0.0718. The minimum atomic E-state index is -0.0718. The minimum Gasteiger partial charge on any atom is -0.399 e. The molecule has 4 heteroatoms. The highest BCUT2D eigenvalue weighted by atomic mass is 16.5. The van der Waals surface area contributed by atoms with E-state index in [4.69, 9.17) is 10.5 Å². The van der Waals surface area contributed by atoms with Crippen molar-refractivity contribution in [2.75, 3.05) is 25.5 Å². The van der Waals surface area contributed by atoms with Crippen molar-refractivity contribution in [2.24, 2.45) is 0 Å². The Balaban J connectivity index is 2.11. The van der Waals surface area contributed by atoms with E-state index in [0.717, 1.165) is 12.2 Å². The van der Waals surface area contributed by atoms with Gasteiger partial charge in [-0.2, -0.15) is 0 Å². The lowest BCUT2D eigenvalue weighted by Gasteiger charge is -2.41. The van der Waals surface area contributed by atoms with Gasteiger partial charge in [-0.1, -0.05) is 12.1 Å². The van der Waals surface area contributed by atoms with Crippen LogP contribution in [-0.2, 0) is 4.74 Å². The standard InChI is InChI=1S/C14H22N2O2/c1-10-9-18-14(8-17)7-16(10)11(2)12-3-5-13(15)6-4-12/h3-6,10-11,14,17H,7-9,15H2,1-2H3. The largest absolute Gasteiger partial charge is 0.399 e. The fourth-order valence-electron chi connectivity index (χ4n) is 2.46. The number of aliphatic hydroxyl groups is 1. The molecular formula is C14H22N2O2. The third-order valence-corrected chi connectivity index (χ3v) is 3.67. The third kappa shape index (κ3) is 2.83. The third-order valence-electron chi connectivity index (χ3n) is 3.67. The molecule has 100 valence electrons. The predicted molar refractivity (Wildman–Crippen MR) is 72.3 cm³/mol. The van der Waals surface area contributed by atoms with Crippen molar-refractivity contribution < 1.29 is 9.84 Å². The monoisotopic (exact) mass is 250 g/mol. The van der Waals surface area contributed by atoms with Gasteiger partial charge in [0.1, 0.15) is 0 Å². The quantitative estimate of drug-likeness (QED) is 0.796. The van der Waals surface area contributed by atoms with Crippen LogP contribution in [0.2, 0.25) is 0 Å². The molecular weight excluding hydrogens is 228 g/mol. The molecule has 0 amide bonds. The van der Waals surface area contributed by atoms with Crippen molar-refractivity contribution in [3.05, 3.63) is 29.8 Å². The summed E-state index contributed by atoms with van der Waals surface area (Å²) in [5, 5.41) is 9.22. The fraction of sp³-hybridized carbons (Fsp3) is 0.571. The number of aliphatic hydroxyl groups excluding tert-OH is 1. The first-order chi connectivity index (χ1) is 8.61. The molecule has 1 aromatic rings. The Bertz CT molecular complexity index is 380. The lowest BCUT2D eigenvalue weighted by atomic mass is 10.0. The van der Waals surface area contributed by atoms with Gasteiger partial charge < -0.3 is 15.6 Å². The molecule has 0 bridgehead atoms. The van der Waals surface area contributed by atoms with E-state index < -0.39 is 0 Å². The van der Waals surface area contributed by atoms with Crippen LogP contribution in [-0.4, -0.2) is 41.9 Å². The molecule has 4 nitrogen and oxygen atoms in total. The molecule has 0 saturated carbocycles. The van der Waals surface area contributed by atoms with Crippen LogP contribution < -0.4 is 5.73 Å². The number of hydrogen-bond acceptors (Lipinski definition) is 4. The van der Waals surface area contributed by atoms with E-state index in [1.807, 2.05) is 12.1 Å². The highest BCUT2D eigenvalue weighted by molar-refractivity contribution is 5.40. The van der Waals surface area contributed by atoms with Gasteiger partial charge in [0.2, 0.25) is 0 Å². The SMILES string of the molecule is CC1COC(CO)CN1C(C)c1ccc(N)cc1. The number of nitrogens with zero attached hydrogens (tertiary/aromatic N) is 1. The van der Waals surface area contributed by atoms with Crippen LogP contribution in [0.5, 0.6) is 0 Å². The van der Waals surface area contributed by atoms with Crippen LogP contribution in [0.1, 0.15) is 25.5 Å². The molecule has 1 heterocycles. The zero-order chi connectivity index (χ0) is 13.1. The fourth-order valence-corrected chi connectivity index (χ4v) is 2.46. The summed E-state index contributed by atoms with van der Waals surface area (Å²) in [6, 6.07) is 8.66. The maximum absolute atomic E-state index is 9.22. The van der Waals surface area contributed by atoms with Crippen molar-refractivity contribution in [1.82, 2.24) is 4.90 Å². The van der Waals surface area contributed by atoms with Gasteiger partial charge >= 0.3 is 0 Å². The Kier molecular flexibility index (Phi) is 4.22. The van der Waals surface area contributed by atoms with Gasteiger partial charge in [-0.25, -0.2) is 0 Å². The smallest absolute Gasteiger partial charge is 0.0933 e. The van der Waals surface area contributed by atoms with E-state index in [2.05, 4.69) is 30.9 Å². The average Bonchev–Trinajstić information content (AvgIpc) is 2.39. The summed E-state index contributed by atoms with van der Waals surface area (Å²) in [6.45, 7) is 5.86. The maximum Gasteiger partial charge on any atom is 0.0933 e. The molecule has 3 unspecified atom stereocenters. The first-order valence-corrected chi connectivity index (χ1v) is 6.45. The molecule has 3 N–H and O–H groups in total. The normalized spacial score (nSPS) is 27.1. The van der Waals surface area contributed by atoms with Crippen LogP contribution in [0.25, 0.3) is 0 Å². The Morgan fingerprint density at radius 2 is 2.11 bits per heavy atom. The van der Waals surface area contributed by atoms with Gasteiger partial charge in [-0.15, -0.1) is 0 Å². The van der Waals surface area contributed by atoms with Crippen molar-refractivity contribution in [2.45, 2.75) is 32.0 Å². The number of nitrogens with two attached hydrogens (primary N) is 1. The van der Waals surface area contributed by atoms with Crippen molar-refractivity contribution >= 4 is 5.69 Å². The van der Waals surface area contributed by atoms with Crippen LogP contribution in [0.15, 0.2) is 24.3 Å². The van der Waals surface area contributed by atoms with Crippen molar-refractivity contribution in [3.63, 3.8) is 0 Å². The van der Waals surface area contributed by atoms with E-state index in [0.29, 0.717) is 18.7 Å². The van der Waals surface area contributed by atoms with Gasteiger partial charge in [-0.3, -0.25) is 4.90 Å². The van der Waals surface area contributed by atoms with Gasteiger partial charge in [0.05, 0.1) is 19.3 Å². The molecule has 1 fully saturated rings. The number of anilines is 1. The van der Waals surface area contributed by atoms with E-state index >= 15 is 0 Å². The Morgan fingerprint density at radius 1 is 1.44 bits per heavy atom. The Labute approximate surface area is 108 Å². The lowest BCUT2D eigenvalue weighted by Crippen LogP contribution is -2.50. The van der Waals surface area contributed by atoms with Crippen LogP contribution in [0, 0.1) is 0 Å². The molecule has 1 saturated heterocycles. The molecule has 0 aromatic heterocycles. The van der Waals surface area contributed by atoms with Crippen LogP contribution >= 0.6 is 0 Å². The number of nitrogen functional groups attached to an aromatic ring is 1. The highest BCUT2D eigenvalue weighted by Gasteiger charge is 2.29. The van der Waals surface area contributed by atoms with Gasteiger partial charge in [-0.05, 0) is 31.5 Å². The van der Waals surface area contributed by atoms with E-state index in [9.17, 15) is 5.11 Å². The molecule has 0 spiro atoms. The minimum absolute atomic E-state index is 0.0718. The van der Waals surface area contributed by atoms with Crippen molar-refractivity contribution in [1.29, 1.82) is 0 Å². The number of ether oxygens (including phenoxy) is 1. The van der Waals surface area contributed by atoms with Crippen LogP contribution in [0.4, 0.5) is 5.69 Å². The summed E-state index contributed by atoms with van der Waals surface area (Å²) in [7, 11) is 0. The molecule has 18 heavy (non-hydrogen) atoms. The summed E-state index contributed by atoms with van der Waals surface area (Å²) >= 11 is 0. The molecule has 1 aliphatic heterocycles. The summed E-state index contributed by atoms with van der Waals surface area (Å²) in [5.41, 5.74) is 7.74. The number of benzene rings is 1. The molecule has 1 aromatic carbocycles. The van der Waals surface area contributed by atoms with E-state index in [1.165, 1.54) is 5.56 Å². The van der Waals surface area contributed by atoms with E-state index in [-0.39, 0.29) is 12.7 Å². The summed E-state index contributed by atoms with van der Waals surface area (Å²) in [5.74, 6) is 0. The van der Waals surface area contributed by atoms with Gasteiger partial charge in [0.25, 0.3) is 0 Å². The second kappa shape index (κ2) is 5.69. The first kappa shape index (κ1) is 13.3. The van der Waals surface area contributed by atoms with Gasteiger partial charge in [0, 0.05) is 24.3 Å². The summed E-state index contributed by atoms with van der Waals surface area (Å²) < 4.78 is 5.56. The highest BCUT2D eigenvalue weighted by Crippen LogP contribution is 2.26. The summed E-state index contributed by atoms with van der Waals surface area (Å²) in [4.78, 5) is 2.37. The molecule has 2 rings (SSSR count). The van der Waals surface area contributed by atoms with Crippen molar-refractivity contribution in [3.8, 4) is 0 Å². The first-order valence-electron chi connectivity index (χ1n) is 6.45.